The molecule has 3 rings (SSSR count). The maximum atomic E-state index is 12.2. The van der Waals surface area contributed by atoms with Crippen molar-refractivity contribution >= 4 is 23.5 Å². The van der Waals surface area contributed by atoms with E-state index in [4.69, 9.17) is 4.74 Å². The molecule has 0 aliphatic carbocycles. The lowest BCUT2D eigenvalue weighted by atomic mass is 10.0. The number of para-hydroxylation sites is 1. The Morgan fingerprint density at radius 3 is 3.00 bits per heavy atom. The number of amides is 1. The lowest BCUT2D eigenvalue weighted by molar-refractivity contribution is -0.115. The van der Waals surface area contributed by atoms with Gasteiger partial charge in [-0.3, -0.25) is 9.89 Å². The van der Waals surface area contributed by atoms with Gasteiger partial charge < -0.3 is 10.1 Å². The number of hydrogen-bond donors (Lipinski definition) is 2. The molecular formula is C17H19N3O2S. The van der Waals surface area contributed by atoms with Crippen LogP contribution in [-0.4, -0.2) is 28.0 Å². The average Bonchev–Trinajstić information content (AvgIpc) is 2.85. The number of thioether (sulfide) groups is 1. The maximum absolute atomic E-state index is 12.2. The summed E-state index contributed by atoms with van der Waals surface area (Å²) in [6.45, 7) is 8.01. The average molecular weight is 329 g/mol. The van der Waals surface area contributed by atoms with Gasteiger partial charge in [0.25, 0.3) is 0 Å². The van der Waals surface area contributed by atoms with Gasteiger partial charge in [0.15, 0.2) is 5.82 Å². The van der Waals surface area contributed by atoms with Crippen LogP contribution in [-0.2, 0) is 4.79 Å². The lowest BCUT2D eigenvalue weighted by Gasteiger charge is -2.20. The van der Waals surface area contributed by atoms with Crippen LogP contribution in [0.15, 0.2) is 36.9 Å². The van der Waals surface area contributed by atoms with Gasteiger partial charge >= 0.3 is 0 Å². The Morgan fingerprint density at radius 1 is 1.43 bits per heavy atom. The molecule has 0 bridgehead atoms. The van der Waals surface area contributed by atoms with E-state index in [9.17, 15) is 4.79 Å². The van der Waals surface area contributed by atoms with Crippen molar-refractivity contribution in [1.29, 1.82) is 0 Å². The van der Waals surface area contributed by atoms with E-state index in [1.807, 2.05) is 38.1 Å². The second-order valence-electron chi connectivity index (χ2n) is 5.40. The Morgan fingerprint density at radius 2 is 2.22 bits per heavy atom. The van der Waals surface area contributed by atoms with Crippen molar-refractivity contribution in [3.05, 3.63) is 53.7 Å². The maximum Gasteiger partial charge on any atom is 0.238 e. The van der Waals surface area contributed by atoms with E-state index in [0.29, 0.717) is 12.4 Å². The second kappa shape index (κ2) is 6.50. The minimum Gasteiger partial charge on any atom is -0.489 e. The highest BCUT2D eigenvalue weighted by Crippen LogP contribution is 2.47. The van der Waals surface area contributed by atoms with Crippen LogP contribution in [0.4, 0.5) is 5.82 Å². The Kier molecular flexibility index (Phi) is 4.43. The van der Waals surface area contributed by atoms with E-state index >= 15 is 0 Å². The zero-order chi connectivity index (χ0) is 16.4. The zero-order valence-electron chi connectivity index (χ0n) is 13.1. The summed E-state index contributed by atoms with van der Waals surface area (Å²) < 4.78 is 5.81. The van der Waals surface area contributed by atoms with Gasteiger partial charge in [-0.15, -0.1) is 11.8 Å². The molecule has 0 saturated heterocycles. The number of carbonyl (C=O) groups excluding carboxylic acids is 1. The van der Waals surface area contributed by atoms with Gasteiger partial charge in [-0.05, 0) is 19.9 Å². The number of fused-ring (bicyclic) bond motifs is 1. The smallest absolute Gasteiger partial charge is 0.238 e. The minimum atomic E-state index is -0.180. The normalized spacial score (nSPS) is 20.3. The number of aryl methyl sites for hydroxylation is 1. The Balaban J connectivity index is 2.09. The molecule has 120 valence electrons. The summed E-state index contributed by atoms with van der Waals surface area (Å²) in [4.78, 5) is 12.2. The third-order valence-corrected chi connectivity index (χ3v) is 5.15. The number of nitrogens with one attached hydrogen (secondary N) is 2. The third-order valence-electron chi connectivity index (χ3n) is 3.77. The number of hydrogen-bond acceptors (Lipinski definition) is 4. The van der Waals surface area contributed by atoms with E-state index < -0.39 is 0 Å². The van der Waals surface area contributed by atoms with Crippen LogP contribution < -0.4 is 10.1 Å². The number of nitrogens with zero attached hydrogens (tertiary/aromatic N) is 1. The molecule has 2 heterocycles. The van der Waals surface area contributed by atoms with Gasteiger partial charge in [-0.25, -0.2) is 0 Å². The first-order valence-electron chi connectivity index (χ1n) is 7.45. The molecule has 2 N–H and O–H groups in total. The van der Waals surface area contributed by atoms with Crippen molar-refractivity contribution in [3.63, 3.8) is 0 Å². The molecule has 5 nitrogen and oxygen atoms in total. The molecule has 1 aromatic carbocycles. The highest BCUT2D eigenvalue weighted by Gasteiger charge is 2.33. The predicted molar refractivity (Wildman–Crippen MR) is 93.0 cm³/mol. The fourth-order valence-corrected chi connectivity index (χ4v) is 3.97. The zero-order valence-corrected chi connectivity index (χ0v) is 13.9. The number of H-pyrrole nitrogens is 1. The number of aromatic nitrogens is 2. The van der Waals surface area contributed by atoms with Gasteiger partial charge in [-0.2, -0.15) is 5.10 Å². The molecule has 1 aliphatic rings. The first kappa shape index (κ1) is 15.7. The van der Waals surface area contributed by atoms with Crippen molar-refractivity contribution < 1.29 is 9.53 Å². The summed E-state index contributed by atoms with van der Waals surface area (Å²) in [5.74, 6) is 1.38. The number of rotatable bonds is 4. The highest BCUT2D eigenvalue weighted by molar-refractivity contribution is 8.01. The number of carbonyl (C=O) groups is 1. The number of anilines is 1. The van der Waals surface area contributed by atoms with E-state index in [-0.39, 0.29) is 16.4 Å². The molecule has 0 fully saturated rings. The molecule has 1 aliphatic heterocycles. The molecule has 1 amide bonds. The van der Waals surface area contributed by atoms with E-state index in [2.05, 4.69) is 22.1 Å². The summed E-state index contributed by atoms with van der Waals surface area (Å²) >= 11 is 1.60. The summed E-state index contributed by atoms with van der Waals surface area (Å²) in [6.07, 6.45) is 1.72. The van der Waals surface area contributed by atoms with Gasteiger partial charge in [0, 0.05) is 16.8 Å². The molecule has 2 atom stereocenters. The number of ether oxygens (including phenoxy) is 1. The highest BCUT2D eigenvalue weighted by atomic mass is 32.2. The van der Waals surface area contributed by atoms with Gasteiger partial charge in [0.2, 0.25) is 5.91 Å². The molecule has 2 aromatic rings. The summed E-state index contributed by atoms with van der Waals surface area (Å²) in [6, 6.07) is 7.91. The summed E-state index contributed by atoms with van der Waals surface area (Å²) in [7, 11) is 0. The standard InChI is InChI=1S/C17H19N3O2S/c1-4-9-22-13-8-6-5-7-12(13)15-14-10(2)19-20-16(14)18-17(21)11(3)23-15/h4-8,11,15H,1,9H2,2-3H3,(H2,18,19,20,21)/t11-,15-/m1/s1. The van der Waals surface area contributed by atoms with Crippen LogP contribution in [0.5, 0.6) is 5.75 Å². The van der Waals surface area contributed by atoms with Crippen molar-refractivity contribution in [2.75, 3.05) is 11.9 Å². The Hall–Kier alpha value is -2.21. The molecule has 1 aromatic heterocycles. The van der Waals surface area contributed by atoms with Crippen LogP contribution in [0.25, 0.3) is 0 Å². The van der Waals surface area contributed by atoms with Gasteiger partial charge in [-0.1, -0.05) is 30.9 Å². The Bertz CT molecular complexity index is 741. The van der Waals surface area contributed by atoms with Crippen LogP contribution in [0.1, 0.15) is 29.0 Å². The number of benzene rings is 1. The molecule has 0 unspecified atom stereocenters. The van der Waals surface area contributed by atoms with Crippen LogP contribution in [0, 0.1) is 6.92 Å². The van der Waals surface area contributed by atoms with Crippen LogP contribution in [0.3, 0.4) is 0 Å². The largest absolute Gasteiger partial charge is 0.489 e. The molecule has 0 spiro atoms. The quantitative estimate of drug-likeness (QED) is 0.843. The third kappa shape index (κ3) is 2.99. The molecule has 23 heavy (non-hydrogen) atoms. The molecule has 0 radical (unpaired) electrons. The van der Waals surface area contributed by atoms with Gasteiger partial charge in [0.1, 0.15) is 12.4 Å². The first-order valence-corrected chi connectivity index (χ1v) is 8.40. The Labute approximate surface area is 139 Å². The minimum absolute atomic E-state index is 0.0290. The van der Waals surface area contributed by atoms with E-state index in [1.165, 1.54) is 0 Å². The van der Waals surface area contributed by atoms with Crippen molar-refractivity contribution in [1.82, 2.24) is 10.2 Å². The summed E-state index contributed by atoms with van der Waals surface area (Å²) in [5, 5.41) is 9.90. The molecule has 6 heteroatoms. The first-order chi connectivity index (χ1) is 11.1. The lowest BCUT2D eigenvalue weighted by Crippen LogP contribution is -2.21. The van der Waals surface area contributed by atoms with Crippen LogP contribution >= 0.6 is 11.8 Å². The monoisotopic (exact) mass is 329 g/mol. The summed E-state index contributed by atoms with van der Waals surface area (Å²) in [5.41, 5.74) is 2.99. The second-order valence-corrected chi connectivity index (χ2v) is 6.85. The van der Waals surface area contributed by atoms with E-state index in [1.54, 1.807) is 17.8 Å². The van der Waals surface area contributed by atoms with Crippen molar-refractivity contribution in [3.8, 4) is 5.75 Å². The fourth-order valence-electron chi connectivity index (χ4n) is 2.61. The SMILES string of the molecule is C=CCOc1ccccc1[C@H]1S[C@H](C)C(=O)Nc2n[nH]c(C)c21. The number of aromatic amines is 1. The van der Waals surface area contributed by atoms with E-state index in [0.717, 1.165) is 22.6 Å². The molecule has 0 saturated carbocycles. The van der Waals surface area contributed by atoms with Crippen molar-refractivity contribution in [2.24, 2.45) is 0 Å². The van der Waals surface area contributed by atoms with Crippen LogP contribution in [0.2, 0.25) is 0 Å². The molecular weight excluding hydrogens is 310 g/mol. The predicted octanol–water partition coefficient (Wildman–Crippen LogP) is 3.45. The topological polar surface area (TPSA) is 67.0 Å². The van der Waals surface area contributed by atoms with Gasteiger partial charge in [0.05, 0.1) is 10.5 Å². The van der Waals surface area contributed by atoms with Crippen molar-refractivity contribution in [2.45, 2.75) is 24.3 Å². The fraction of sp³-hybridized carbons (Fsp3) is 0.294.